The Morgan fingerprint density at radius 2 is 0.922 bits per heavy atom. The third-order valence-corrected chi connectivity index (χ3v) is 10.5. The van der Waals surface area contributed by atoms with Crippen molar-refractivity contribution in [1.82, 2.24) is 9.13 Å². The van der Waals surface area contributed by atoms with Crippen LogP contribution in [0.25, 0.3) is 99.2 Å². The van der Waals surface area contributed by atoms with Crippen LogP contribution in [-0.2, 0) is 0 Å². The van der Waals surface area contributed by atoms with Gasteiger partial charge in [-0.25, -0.2) is 0 Å². The van der Waals surface area contributed by atoms with E-state index in [1.807, 2.05) is 12.1 Å². The fraction of sp³-hybridized carbons (Fsp3) is 0. The quantitative estimate of drug-likeness (QED) is 0.186. The summed E-state index contributed by atoms with van der Waals surface area (Å²) in [7, 11) is 0. The zero-order valence-electron chi connectivity index (χ0n) is 27.6. The van der Waals surface area contributed by atoms with Crippen LogP contribution in [0.2, 0.25) is 0 Å². The average Bonchev–Trinajstić information content (AvgIpc) is 3.85. The van der Waals surface area contributed by atoms with Crippen LogP contribution in [0.1, 0.15) is 0 Å². The van der Waals surface area contributed by atoms with Gasteiger partial charge in [0.2, 0.25) is 0 Å². The number of para-hydroxylation sites is 4. The highest BCUT2D eigenvalue weighted by atomic mass is 16.3. The van der Waals surface area contributed by atoms with Crippen LogP contribution < -0.4 is 0 Å². The SMILES string of the molecule is c1ccc(-c2cccc3c4cc(-c5ccc6c(c5)c5ccccc5n6-c5ccc6c(c5)oc5ccccc56)ccc4n(-c4ccccc4)c23)cc1. The van der Waals surface area contributed by atoms with Crippen molar-refractivity contribution in [3.05, 3.63) is 182 Å². The summed E-state index contributed by atoms with van der Waals surface area (Å²) in [4.78, 5) is 0. The second-order valence-corrected chi connectivity index (χ2v) is 13.3. The summed E-state index contributed by atoms with van der Waals surface area (Å²) < 4.78 is 11.1. The first-order chi connectivity index (χ1) is 25.3. The van der Waals surface area contributed by atoms with Crippen molar-refractivity contribution in [2.75, 3.05) is 0 Å². The molecule has 0 atom stereocenters. The number of nitrogens with zero attached hydrogens (tertiary/aromatic N) is 2. The lowest BCUT2D eigenvalue weighted by molar-refractivity contribution is 0.668. The van der Waals surface area contributed by atoms with Gasteiger partial charge in [-0.05, 0) is 77.4 Å². The van der Waals surface area contributed by atoms with Gasteiger partial charge in [-0.2, -0.15) is 0 Å². The molecule has 8 aromatic carbocycles. The molecule has 3 heterocycles. The van der Waals surface area contributed by atoms with Crippen LogP contribution in [0.15, 0.2) is 186 Å². The van der Waals surface area contributed by atoms with Gasteiger partial charge >= 0.3 is 0 Å². The average molecular weight is 651 g/mol. The molecule has 0 radical (unpaired) electrons. The highest BCUT2D eigenvalue weighted by Crippen LogP contribution is 2.41. The van der Waals surface area contributed by atoms with E-state index >= 15 is 0 Å². The van der Waals surface area contributed by atoms with Crippen molar-refractivity contribution in [2.24, 2.45) is 0 Å². The van der Waals surface area contributed by atoms with E-state index < -0.39 is 0 Å². The smallest absolute Gasteiger partial charge is 0.137 e. The maximum absolute atomic E-state index is 6.31. The van der Waals surface area contributed by atoms with Crippen molar-refractivity contribution < 1.29 is 4.42 Å². The van der Waals surface area contributed by atoms with Crippen molar-refractivity contribution in [2.45, 2.75) is 0 Å². The molecule has 3 aromatic heterocycles. The van der Waals surface area contributed by atoms with Gasteiger partial charge in [0.25, 0.3) is 0 Å². The molecule has 11 rings (SSSR count). The molecule has 0 bridgehead atoms. The molecule has 0 unspecified atom stereocenters. The van der Waals surface area contributed by atoms with Gasteiger partial charge in [-0.3, -0.25) is 0 Å². The molecule has 0 saturated carbocycles. The van der Waals surface area contributed by atoms with Gasteiger partial charge in [0.1, 0.15) is 11.2 Å². The van der Waals surface area contributed by atoms with Gasteiger partial charge in [-0.1, -0.05) is 115 Å². The van der Waals surface area contributed by atoms with Crippen molar-refractivity contribution in [1.29, 1.82) is 0 Å². The van der Waals surface area contributed by atoms with Crippen LogP contribution >= 0.6 is 0 Å². The molecule has 0 saturated heterocycles. The number of rotatable bonds is 4. The molecule has 11 aromatic rings. The molecule has 3 nitrogen and oxygen atoms in total. The fourth-order valence-electron chi connectivity index (χ4n) is 8.23. The second-order valence-electron chi connectivity index (χ2n) is 13.3. The topological polar surface area (TPSA) is 23.0 Å². The molecular weight excluding hydrogens is 621 g/mol. The maximum atomic E-state index is 6.31. The molecule has 0 amide bonds. The minimum absolute atomic E-state index is 0.898. The largest absolute Gasteiger partial charge is 0.456 e. The third kappa shape index (κ3) is 4.19. The van der Waals surface area contributed by atoms with Crippen molar-refractivity contribution in [3.8, 4) is 33.6 Å². The normalized spacial score (nSPS) is 11.9. The molecule has 0 aliphatic carbocycles. The minimum atomic E-state index is 0.898. The van der Waals surface area contributed by atoms with Crippen LogP contribution in [0.3, 0.4) is 0 Å². The molecule has 0 aliphatic rings. The minimum Gasteiger partial charge on any atom is -0.456 e. The summed E-state index contributed by atoms with van der Waals surface area (Å²) in [5.74, 6) is 0. The summed E-state index contributed by atoms with van der Waals surface area (Å²) >= 11 is 0. The highest BCUT2D eigenvalue weighted by Gasteiger charge is 2.19. The summed E-state index contributed by atoms with van der Waals surface area (Å²) in [6.07, 6.45) is 0. The van der Waals surface area contributed by atoms with Crippen LogP contribution in [-0.4, -0.2) is 9.13 Å². The third-order valence-electron chi connectivity index (χ3n) is 10.5. The number of hydrogen-bond acceptors (Lipinski definition) is 1. The lowest BCUT2D eigenvalue weighted by Crippen LogP contribution is -1.95. The second kappa shape index (κ2) is 10.8. The molecule has 0 fully saturated rings. The van der Waals surface area contributed by atoms with E-state index in [9.17, 15) is 0 Å². The number of hydrogen-bond donors (Lipinski definition) is 0. The Morgan fingerprint density at radius 1 is 0.314 bits per heavy atom. The van der Waals surface area contributed by atoms with Gasteiger partial charge in [0.05, 0.1) is 22.1 Å². The van der Waals surface area contributed by atoms with Crippen LogP contribution in [0.4, 0.5) is 0 Å². The van der Waals surface area contributed by atoms with Crippen molar-refractivity contribution >= 4 is 65.6 Å². The number of aromatic nitrogens is 2. The maximum Gasteiger partial charge on any atom is 0.137 e. The Bertz CT molecular complexity index is 3130. The Balaban J connectivity index is 1.11. The van der Waals surface area contributed by atoms with Gasteiger partial charge in [0, 0.05) is 55.3 Å². The lowest BCUT2D eigenvalue weighted by atomic mass is 9.99. The lowest BCUT2D eigenvalue weighted by Gasteiger charge is -2.11. The highest BCUT2D eigenvalue weighted by molar-refractivity contribution is 6.15. The Kier molecular flexibility index (Phi) is 5.96. The molecule has 51 heavy (non-hydrogen) atoms. The summed E-state index contributed by atoms with van der Waals surface area (Å²) in [6, 6.07) is 65.5. The van der Waals surface area contributed by atoms with Gasteiger partial charge < -0.3 is 13.6 Å². The van der Waals surface area contributed by atoms with Gasteiger partial charge in [-0.15, -0.1) is 0 Å². The van der Waals surface area contributed by atoms with Crippen molar-refractivity contribution in [3.63, 3.8) is 0 Å². The Morgan fingerprint density at radius 3 is 1.73 bits per heavy atom. The number of benzene rings is 8. The van der Waals surface area contributed by atoms with Gasteiger partial charge in [0.15, 0.2) is 0 Å². The zero-order chi connectivity index (χ0) is 33.5. The fourth-order valence-corrected chi connectivity index (χ4v) is 8.23. The molecule has 0 spiro atoms. The summed E-state index contributed by atoms with van der Waals surface area (Å²) in [6.45, 7) is 0. The van der Waals surface area contributed by atoms with E-state index in [1.165, 1.54) is 65.9 Å². The first kappa shape index (κ1) is 28.0. The van der Waals surface area contributed by atoms with E-state index in [0.29, 0.717) is 0 Å². The first-order valence-corrected chi connectivity index (χ1v) is 17.4. The van der Waals surface area contributed by atoms with Crippen LogP contribution in [0, 0.1) is 0 Å². The Hall–Kier alpha value is -6.84. The van der Waals surface area contributed by atoms with E-state index in [2.05, 4.69) is 179 Å². The van der Waals surface area contributed by atoms with E-state index in [-0.39, 0.29) is 0 Å². The monoisotopic (exact) mass is 650 g/mol. The molecule has 238 valence electrons. The predicted molar refractivity (Wildman–Crippen MR) is 213 cm³/mol. The number of fused-ring (bicyclic) bond motifs is 9. The van der Waals surface area contributed by atoms with E-state index in [0.717, 1.165) is 33.3 Å². The number of furan rings is 1. The van der Waals surface area contributed by atoms with Crippen LogP contribution in [0.5, 0.6) is 0 Å². The molecule has 0 aliphatic heterocycles. The predicted octanol–water partition coefficient (Wildman–Crippen LogP) is 13.1. The molecule has 3 heteroatoms. The van der Waals surface area contributed by atoms with E-state index in [1.54, 1.807) is 0 Å². The standard InChI is InChI=1S/C48H30N2O/c1-3-12-31(13-4-1)36-18-11-19-40-42-29-33(23-27-45(42)50(48(36)40)34-14-5-2-6-15-34)32-22-26-44-41(28-32)37-16-7-9-20-43(37)49(44)35-24-25-39-38-17-8-10-21-46(38)51-47(39)30-35/h1-30H. The Labute approximate surface area is 293 Å². The molecule has 0 N–H and O–H groups in total. The summed E-state index contributed by atoms with van der Waals surface area (Å²) in [5.41, 5.74) is 13.7. The first-order valence-electron chi connectivity index (χ1n) is 17.4. The zero-order valence-corrected chi connectivity index (χ0v) is 27.6. The molecular formula is C48H30N2O. The van der Waals surface area contributed by atoms with E-state index in [4.69, 9.17) is 4.42 Å². The summed E-state index contributed by atoms with van der Waals surface area (Å²) in [5, 5.41) is 7.23.